The molecule has 10 nitrogen and oxygen atoms in total. The van der Waals surface area contributed by atoms with Crippen molar-refractivity contribution in [2.24, 2.45) is 11.8 Å². The van der Waals surface area contributed by atoms with E-state index in [2.05, 4.69) is 42.1 Å². The highest BCUT2D eigenvalue weighted by atomic mass is 16.5. The number of anilines is 1. The lowest BCUT2D eigenvalue weighted by atomic mass is 10.1. The molecule has 4 heterocycles. The number of nitrogens with one attached hydrogen (secondary N) is 2. The van der Waals surface area contributed by atoms with Crippen LogP contribution < -0.4 is 14.8 Å². The van der Waals surface area contributed by atoms with E-state index >= 15 is 0 Å². The van der Waals surface area contributed by atoms with E-state index in [0.29, 0.717) is 34.7 Å². The van der Waals surface area contributed by atoms with E-state index in [1.54, 1.807) is 7.11 Å². The molecule has 0 aromatic carbocycles. The fourth-order valence-corrected chi connectivity index (χ4v) is 4.81. The Hall–Kier alpha value is -3.24. The number of methoxy groups -OCH3 is 1. The molecular weight excluding hydrogens is 446 g/mol. The third kappa shape index (κ3) is 4.68. The first-order valence-corrected chi connectivity index (χ1v) is 12.3. The third-order valence-corrected chi connectivity index (χ3v) is 7.18. The zero-order chi connectivity index (χ0) is 23.9. The van der Waals surface area contributed by atoms with Gasteiger partial charge in [-0.3, -0.25) is 4.79 Å². The maximum atomic E-state index is 12.8. The predicted molar refractivity (Wildman–Crippen MR) is 131 cm³/mol. The van der Waals surface area contributed by atoms with Gasteiger partial charge < -0.3 is 29.6 Å². The fourth-order valence-electron chi connectivity index (χ4n) is 4.81. The predicted octanol–water partition coefficient (Wildman–Crippen LogP) is 2.39. The minimum Gasteiger partial charge on any atom is -0.480 e. The summed E-state index contributed by atoms with van der Waals surface area (Å²) in [6.07, 6.45) is 6.52. The average Bonchev–Trinajstić information content (AvgIpc) is 3.79. The van der Waals surface area contributed by atoms with Crippen molar-refractivity contribution < 1.29 is 14.3 Å². The van der Waals surface area contributed by atoms with Gasteiger partial charge in [-0.15, -0.1) is 0 Å². The first kappa shape index (κ1) is 22.2. The van der Waals surface area contributed by atoms with E-state index < -0.39 is 0 Å². The molecule has 1 saturated heterocycles. The Kier molecular flexibility index (Phi) is 5.77. The van der Waals surface area contributed by atoms with Crippen molar-refractivity contribution in [1.82, 2.24) is 29.7 Å². The van der Waals surface area contributed by atoms with Crippen LogP contribution >= 0.6 is 0 Å². The van der Waals surface area contributed by atoms with Crippen LogP contribution in [0.25, 0.3) is 22.2 Å². The third-order valence-electron chi connectivity index (χ3n) is 7.18. The molecular formula is C25H31N7O3. The van der Waals surface area contributed by atoms with Gasteiger partial charge >= 0.3 is 0 Å². The number of piperazine rings is 1. The number of fused-ring (bicyclic) bond motifs is 1. The van der Waals surface area contributed by atoms with Crippen LogP contribution in [-0.2, 0) is 4.79 Å². The van der Waals surface area contributed by atoms with Crippen LogP contribution in [0.3, 0.4) is 0 Å². The van der Waals surface area contributed by atoms with Crippen molar-refractivity contribution in [3.05, 3.63) is 24.7 Å². The number of hydrogen-bond donors (Lipinski definition) is 2. The lowest BCUT2D eigenvalue weighted by molar-refractivity contribution is -0.117. The van der Waals surface area contributed by atoms with Gasteiger partial charge in [0.1, 0.15) is 29.5 Å². The fraction of sp³-hybridized carbons (Fsp3) is 0.520. The van der Waals surface area contributed by atoms with Gasteiger partial charge in [0.15, 0.2) is 0 Å². The number of hydrogen-bond acceptors (Lipinski definition) is 8. The van der Waals surface area contributed by atoms with Crippen LogP contribution in [0.4, 0.5) is 5.82 Å². The number of likely N-dealkylation sites (N-methyl/N-ethyl adjacent to an activating group) is 1. The first-order valence-electron chi connectivity index (χ1n) is 12.3. The van der Waals surface area contributed by atoms with E-state index in [9.17, 15) is 4.79 Å². The van der Waals surface area contributed by atoms with Gasteiger partial charge in [-0.1, -0.05) is 0 Å². The maximum Gasteiger partial charge on any atom is 0.228 e. The number of H-pyrrole nitrogens is 1. The summed E-state index contributed by atoms with van der Waals surface area (Å²) in [6.45, 7) is 5.37. The summed E-state index contributed by atoms with van der Waals surface area (Å²) in [5.41, 5.74) is 2.23. The zero-order valence-electron chi connectivity index (χ0n) is 20.2. The highest BCUT2D eigenvalue weighted by Crippen LogP contribution is 2.42. The Balaban J connectivity index is 1.16. The van der Waals surface area contributed by atoms with Crippen molar-refractivity contribution in [2.45, 2.75) is 25.4 Å². The zero-order valence-corrected chi connectivity index (χ0v) is 20.2. The van der Waals surface area contributed by atoms with Crippen LogP contribution in [0.5, 0.6) is 11.8 Å². The summed E-state index contributed by atoms with van der Waals surface area (Å²) < 4.78 is 11.5. The van der Waals surface area contributed by atoms with E-state index in [1.165, 1.54) is 6.33 Å². The van der Waals surface area contributed by atoms with Gasteiger partial charge in [0.05, 0.1) is 7.11 Å². The number of pyridine rings is 1. The van der Waals surface area contributed by atoms with Crippen LogP contribution in [0.2, 0.25) is 0 Å². The van der Waals surface area contributed by atoms with Crippen molar-refractivity contribution >= 4 is 22.8 Å². The second-order valence-corrected chi connectivity index (χ2v) is 9.87. The standard InChI is InChI=1S/C25H31N7O3/c1-31-7-9-32(10-8-31)13-15-11-18(15)23(33)30-20-6-5-17-19(12-26-22(17)29-20)21-24(34-2)27-14-28-25(21)35-16-3-4-16/h5-6,12,14-16,18H,3-4,7-11,13H2,1-2H3,(H2,26,29,30,33). The number of aromatic amines is 1. The molecule has 3 aliphatic rings. The highest BCUT2D eigenvalue weighted by Gasteiger charge is 2.44. The van der Waals surface area contributed by atoms with Crippen LogP contribution in [-0.4, -0.2) is 88.6 Å². The number of carbonyl (C=O) groups is 1. The molecule has 2 aliphatic carbocycles. The largest absolute Gasteiger partial charge is 0.480 e. The topological polar surface area (TPSA) is 108 Å². The molecule has 0 bridgehead atoms. The SMILES string of the molecule is COc1ncnc(OC2CC2)c1-c1c[nH]c2nc(NC(=O)C3CC3CN3CCN(C)CC3)ccc12. The van der Waals surface area contributed by atoms with Gasteiger partial charge in [-0.25, -0.2) is 15.0 Å². The van der Waals surface area contributed by atoms with Crippen molar-refractivity contribution in [3.63, 3.8) is 0 Å². The molecule has 3 aromatic rings. The maximum absolute atomic E-state index is 12.8. The Bertz CT molecular complexity index is 1230. The Morgan fingerprint density at radius 3 is 2.74 bits per heavy atom. The lowest BCUT2D eigenvalue weighted by Gasteiger charge is -2.32. The molecule has 2 atom stereocenters. The number of ether oxygens (including phenoxy) is 2. The molecule has 184 valence electrons. The van der Waals surface area contributed by atoms with Gasteiger partial charge in [0.2, 0.25) is 17.7 Å². The summed E-state index contributed by atoms with van der Waals surface area (Å²) in [7, 11) is 3.75. The molecule has 2 N–H and O–H groups in total. The molecule has 3 fully saturated rings. The molecule has 10 heteroatoms. The van der Waals surface area contributed by atoms with Crippen molar-refractivity contribution in [1.29, 1.82) is 0 Å². The normalized spacial score (nSPS) is 22.8. The second-order valence-electron chi connectivity index (χ2n) is 9.87. The van der Waals surface area contributed by atoms with E-state index in [4.69, 9.17) is 9.47 Å². The number of nitrogens with zero attached hydrogens (tertiary/aromatic N) is 5. The second kappa shape index (κ2) is 9.09. The molecule has 1 amide bonds. The van der Waals surface area contributed by atoms with E-state index in [0.717, 1.165) is 62.9 Å². The number of aromatic nitrogens is 4. The highest BCUT2D eigenvalue weighted by molar-refractivity contribution is 5.99. The Morgan fingerprint density at radius 2 is 1.97 bits per heavy atom. The molecule has 6 rings (SSSR count). The Labute approximate surface area is 204 Å². The molecule has 2 saturated carbocycles. The van der Waals surface area contributed by atoms with Gasteiger partial charge in [-0.2, -0.15) is 0 Å². The van der Waals surface area contributed by atoms with Gasteiger partial charge in [0.25, 0.3) is 0 Å². The number of rotatable bonds is 8. The van der Waals surface area contributed by atoms with Gasteiger partial charge in [-0.05, 0) is 44.4 Å². The summed E-state index contributed by atoms with van der Waals surface area (Å²) in [5, 5.41) is 3.90. The quantitative estimate of drug-likeness (QED) is 0.509. The molecule has 2 unspecified atom stereocenters. The minimum absolute atomic E-state index is 0.0565. The smallest absolute Gasteiger partial charge is 0.228 e. The molecule has 35 heavy (non-hydrogen) atoms. The van der Waals surface area contributed by atoms with Crippen molar-refractivity contribution in [3.8, 4) is 22.9 Å². The summed E-state index contributed by atoms with van der Waals surface area (Å²) in [6, 6.07) is 3.79. The van der Waals surface area contributed by atoms with Crippen LogP contribution in [0.15, 0.2) is 24.7 Å². The average molecular weight is 478 g/mol. The molecule has 3 aromatic heterocycles. The van der Waals surface area contributed by atoms with Crippen LogP contribution in [0.1, 0.15) is 19.3 Å². The van der Waals surface area contributed by atoms with Crippen LogP contribution in [0, 0.1) is 11.8 Å². The van der Waals surface area contributed by atoms with E-state index in [-0.39, 0.29) is 17.9 Å². The summed E-state index contributed by atoms with van der Waals surface area (Å²) in [5.74, 6) is 2.08. The monoisotopic (exact) mass is 477 g/mol. The summed E-state index contributed by atoms with van der Waals surface area (Å²) >= 11 is 0. The number of carbonyl (C=O) groups excluding carboxylic acids is 1. The van der Waals surface area contributed by atoms with Gasteiger partial charge in [0, 0.05) is 55.8 Å². The summed E-state index contributed by atoms with van der Waals surface area (Å²) in [4.78, 5) is 34.2. The lowest BCUT2D eigenvalue weighted by Crippen LogP contribution is -2.45. The first-order chi connectivity index (χ1) is 17.1. The number of amides is 1. The molecule has 0 spiro atoms. The van der Waals surface area contributed by atoms with E-state index in [1.807, 2.05) is 18.3 Å². The molecule has 0 radical (unpaired) electrons. The van der Waals surface area contributed by atoms with Crippen molar-refractivity contribution in [2.75, 3.05) is 52.2 Å². The minimum atomic E-state index is 0.0565. The Morgan fingerprint density at radius 1 is 1.17 bits per heavy atom. The molecule has 1 aliphatic heterocycles.